The van der Waals surface area contributed by atoms with Crippen LogP contribution >= 0.6 is 11.8 Å². The third kappa shape index (κ3) is 3.62. The van der Waals surface area contributed by atoms with Crippen LogP contribution in [0.3, 0.4) is 0 Å². The van der Waals surface area contributed by atoms with Crippen molar-refractivity contribution in [1.29, 1.82) is 0 Å². The van der Waals surface area contributed by atoms with Crippen LogP contribution in [-0.4, -0.2) is 48.1 Å². The van der Waals surface area contributed by atoms with Crippen LogP contribution in [0.1, 0.15) is 45.4 Å². The zero-order valence-electron chi connectivity index (χ0n) is 11.5. The number of nitrogens with one attached hydrogen (secondary N) is 1. The van der Waals surface area contributed by atoms with Gasteiger partial charge in [-0.15, -0.1) is 0 Å². The Morgan fingerprint density at radius 3 is 2.47 bits per heavy atom. The van der Waals surface area contributed by atoms with Gasteiger partial charge in [-0.05, 0) is 58.0 Å². The molecule has 1 aliphatic heterocycles. The molecule has 1 saturated carbocycles. The van der Waals surface area contributed by atoms with E-state index in [2.05, 4.69) is 35.2 Å². The first kappa shape index (κ1) is 13.7. The molecule has 100 valence electrons. The Labute approximate surface area is 111 Å². The van der Waals surface area contributed by atoms with Gasteiger partial charge in [-0.3, -0.25) is 0 Å². The van der Waals surface area contributed by atoms with Crippen LogP contribution in [0, 0.1) is 0 Å². The van der Waals surface area contributed by atoms with Gasteiger partial charge < -0.3 is 10.2 Å². The normalized spacial score (nSPS) is 25.8. The van der Waals surface area contributed by atoms with Crippen molar-refractivity contribution in [2.45, 2.75) is 56.2 Å². The number of hydrogen-bond donors (Lipinski definition) is 1. The first-order chi connectivity index (χ1) is 8.28. The summed E-state index contributed by atoms with van der Waals surface area (Å²) >= 11 is 2.11. The van der Waals surface area contributed by atoms with Crippen LogP contribution in [-0.2, 0) is 0 Å². The van der Waals surface area contributed by atoms with Gasteiger partial charge >= 0.3 is 0 Å². The number of piperidine rings is 1. The smallest absolute Gasteiger partial charge is 0.0284 e. The quantitative estimate of drug-likeness (QED) is 0.787. The van der Waals surface area contributed by atoms with Gasteiger partial charge in [0.25, 0.3) is 0 Å². The van der Waals surface area contributed by atoms with Crippen LogP contribution in [0.4, 0.5) is 0 Å². The molecule has 1 aliphatic carbocycles. The van der Waals surface area contributed by atoms with Gasteiger partial charge in [-0.25, -0.2) is 0 Å². The topological polar surface area (TPSA) is 15.3 Å². The maximum atomic E-state index is 3.66. The molecule has 0 aromatic heterocycles. The summed E-state index contributed by atoms with van der Waals surface area (Å²) in [5, 5.41) is 3.66. The molecule has 2 aliphatic rings. The lowest BCUT2D eigenvalue weighted by atomic mass is 9.83. The van der Waals surface area contributed by atoms with Gasteiger partial charge in [0.05, 0.1) is 0 Å². The van der Waals surface area contributed by atoms with Gasteiger partial charge in [0.15, 0.2) is 0 Å². The molecular formula is C14H28N2S. The molecule has 0 aromatic carbocycles. The molecule has 0 radical (unpaired) electrons. The lowest BCUT2D eigenvalue weighted by Crippen LogP contribution is -2.50. The van der Waals surface area contributed by atoms with E-state index in [9.17, 15) is 0 Å². The zero-order valence-corrected chi connectivity index (χ0v) is 12.3. The molecule has 0 bridgehead atoms. The van der Waals surface area contributed by atoms with Crippen molar-refractivity contribution in [3.63, 3.8) is 0 Å². The minimum atomic E-state index is 0.629. The van der Waals surface area contributed by atoms with E-state index < -0.39 is 0 Å². The van der Waals surface area contributed by atoms with E-state index in [0.29, 0.717) is 4.75 Å². The van der Waals surface area contributed by atoms with Crippen molar-refractivity contribution in [2.24, 2.45) is 0 Å². The molecule has 1 heterocycles. The second kappa shape index (κ2) is 6.44. The van der Waals surface area contributed by atoms with Gasteiger partial charge in [-0.1, -0.05) is 13.3 Å². The number of rotatable bonds is 6. The largest absolute Gasteiger partial charge is 0.314 e. The molecule has 2 fully saturated rings. The fourth-order valence-electron chi connectivity index (χ4n) is 3.05. The summed E-state index contributed by atoms with van der Waals surface area (Å²) in [4.78, 5) is 2.71. The Balaban J connectivity index is 1.68. The second-order valence-corrected chi connectivity index (χ2v) is 7.02. The third-order valence-corrected chi connectivity index (χ3v) is 5.88. The first-order valence-electron chi connectivity index (χ1n) is 7.29. The Hall–Kier alpha value is 0.270. The van der Waals surface area contributed by atoms with E-state index in [1.165, 1.54) is 64.7 Å². The average Bonchev–Trinajstić information content (AvgIpc) is 2.33. The summed E-state index contributed by atoms with van der Waals surface area (Å²) in [6, 6.07) is 0.790. The van der Waals surface area contributed by atoms with Crippen LogP contribution in [0.5, 0.6) is 0 Å². The molecule has 1 N–H and O–H groups in total. The average molecular weight is 256 g/mol. The summed E-state index contributed by atoms with van der Waals surface area (Å²) in [5.41, 5.74) is 0. The molecule has 0 amide bonds. The summed E-state index contributed by atoms with van der Waals surface area (Å²) in [6.45, 7) is 7.41. The van der Waals surface area contributed by atoms with Crippen molar-refractivity contribution in [1.82, 2.24) is 10.2 Å². The summed E-state index contributed by atoms with van der Waals surface area (Å²) in [5.74, 6) is 0. The molecule has 0 spiro atoms. The highest BCUT2D eigenvalue weighted by atomic mass is 32.2. The van der Waals surface area contributed by atoms with Gasteiger partial charge in [-0.2, -0.15) is 11.8 Å². The van der Waals surface area contributed by atoms with Crippen molar-refractivity contribution in [2.75, 3.05) is 32.4 Å². The number of thioether (sulfide) groups is 1. The minimum absolute atomic E-state index is 0.629. The Morgan fingerprint density at radius 2 is 2.00 bits per heavy atom. The van der Waals surface area contributed by atoms with E-state index in [-0.39, 0.29) is 0 Å². The van der Waals surface area contributed by atoms with E-state index in [1.54, 1.807) is 0 Å². The minimum Gasteiger partial charge on any atom is -0.314 e. The maximum absolute atomic E-state index is 3.66. The predicted molar refractivity (Wildman–Crippen MR) is 77.9 cm³/mol. The van der Waals surface area contributed by atoms with Crippen LogP contribution in [0.25, 0.3) is 0 Å². The van der Waals surface area contributed by atoms with E-state index in [1.807, 2.05) is 0 Å². The Bertz CT molecular complexity index is 215. The van der Waals surface area contributed by atoms with Crippen molar-refractivity contribution in [3.05, 3.63) is 0 Å². The third-order valence-electron chi connectivity index (χ3n) is 4.48. The van der Waals surface area contributed by atoms with Crippen molar-refractivity contribution in [3.8, 4) is 0 Å². The lowest BCUT2D eigenvalue weighted by Gasteiger charge is -2.45. The zero-order chi connectivity index (χ0) is 12.1. The molecular weight excluding hydrogens is 228 g/mol. The van der Waals surface area contributed by atoms with Crippen molar-refractivity contribution < 1.29 is 0 Å². The fraction of sp³-hybridized carbons (Fsp3) is 1.00. The van der Waals surface area contributed by atoms with Crippen LogP contribution < -0.4 is 5.32 Å². The highest BCUT2D eigenvalue weighted by Crippen LogP contribution is 2.43. The fourth-order valence-corrected chi connectivity index (χ4v) is 4.06. The standard InChI is InChI=1S/C14H28N2S/c1-3-9-15-13-5-10-16(11-6-13)12-14(17-2)7-4-8-14/h13,15H,3-12H2,1-2H3. The lowest BCUT2D eigenvalue weighted by molar-refractivity contribution is 0.156. The summed E-state index contributed by atoms with van der Waals surface area (Å²) in [7, 11) is 0. The van der Waals surface area contributed by atoms with Crippen molar-refractivity contribution >= 4 is 11.8 Å². The Morgan fingerprint density at radius 1 is 1.29 bits per heavy atom. The molecule has 0 unspecified atom stereocenters. The van der Waals surface area contributed by atoms with Crippen LogP contribution in [0.2, 0.25) is 0 Å². The van der Waals surface area contributed by atoms with Gasteiger partial charge in [0, 0.05) is 17.3 Å². The molecule has 2 rings (SSSR count). The predicted octanol–water partition coefficient (Wildman–Crippen LogP) is 2.74. The molecule has 2 nitrogen and oxygen atoms in total. The van der Waals surface area contributed by atoms with E-state index in [0.717, 1.165) is 6.04 Å². The van der Waals surface area contributed by atoms with Gasteiger partial charge in [0.1, 0.15) is 0 Å². The number of hydrogen-bond acceptors (Lipinski definition) is 3. The number of likely N-dealkylation sites (tertiary alicyclic amines) is 1. The van der Waals surface area contributed by atoms with Gasteiger partial charge in [0.2, 0.25) is 0 Å². The molecule has 0 aromatic rings. The molecule has 1 saturated heterocycles. The SMILES string of the molecule is CCCNC1CCN(CC2(SC)CCC2)CC1. The van der Waals surface area contributed by atoms with Crippen LogP contribution in [0.15, 0.2) is 0 Å². The molecule has 0 atom stereocenters. The molecule has 17 heavy (non-hydrogen) atoms. The molecule has 3 heteroatoms. The highest BCUT2D eigenvalue weighted by molar-refractivity contribution is 8.00. The Kier molecular flexibility index (Phi) is 5.19. The first-order valence-corrected chi connectivity index (χ1v) is 8.51. The highest BCUT2D eigenvalue weighted by Gasteiger charge is 2.38. The second-order valence-electron chi connectivity index (χ2n) is 5.75. The van der Waals surface area contributed by atoms with E-state index in [4.69, 9.17) is 0 Å². The number of nitrogens with zero attached hydrogens (tertiary/aromatic N) is 1. The summed E-state index contributed by atoms with van der Waals surface area (Å²) in [6.07, 6.45) is 10.6. The monoisotopic (exact) mass is 256 g/mol. The van der Waals surface area contributed by atoms with E-state index >= 15 is 0 Å². The maximum Gasteiger partial charge on any atom is 0.0284 e. The summed E-state index contributed by atoms with van der Waals surface area (Å²) < 4.78 is 0.629.